The maximum atomic E-state index is 5.44. The largest absolute Gasteiger partial charge is 0.469 e. The lowest BCUT2D eigenvalue weighted by molar-refractivity contribution is 0.482. The molecule has 0 aromatic carbocycles. The Balaban J connectivity index is 1.93. The van der Waals surface area contributed by atoms with Gasteiger partial charge in [0.05, 0.1) is 6.26 Å². The van der Waals surface area contributed by atoms with Crippen LogP contribution in [0.15, 0.2) is 39.4 Å². The van der Waals surface area contributed by atoms with Gasteiger partial charge in [-0.2, -0.15) is 0 Å². The molecule has 0 unspecified atom stereocenters. The van der Waals surface area contributed by atoms with E-state index in [0.29, 0.717) is 5.88 Å². The number of rotatable bonds is 3. The van der Waals surface area contributed by atoms with E-state index >= 15 is 0 Å². The number of furan rings is 2. The lowest BCUT2D eigenvalue weighted by Crippen LogP contribution is -1.86. The maximum absolute atomic E-state index is 5.44. The van der Waals surface area contributed by atoms with Gasteiger partial charge in [0.15, 0.2) is 5.88 Å². The highest BCUT2D eigenvalue weighted by Crippen LogP contribution is 2.12. The van der Waals surface area contributed by atoms with Crippen LogP contribution in [0.3, 0.4) is 0 Å². The predicted octanol–water partition coefficient (Wildman–Crippen LogP) is 2.24. The Morgan fingerprint density at radius 3 is 2.54 bits per heavy atom. The molecular formula is C10H11NO2. The Hall–Kier alpha value is -1.64. The first kappa shape index (κ1) is 7.98. The van der Waals surface area contributed by atoms with Gasteiger partial charge in [-0.25, -0.2) is 0 Å². The first-order valence-electron chi connectivity index (χ1n) is 4.21. The van der Waals surface area contributed by atoms with E-state index in [1.54, 1.807) is 12.3 Å². The average Bonchev–Trinajstić information content (AvgIpc) is 2.71. The summed E-state index contributed by atoms with van der Waals surface area (Å²) in [5, 5.41) is 0. The van der Waals surface area contributed by atoms with Gasteiger partial charge >= 0.3 is 0 Å². The molecule has 0 aliphatic rings. The highest BCUT2D eigenvalue weighted by atomic mass is 16.4. The van der Waals surface area contributed by atoms with Gasteiger partial charge in [0.2, 0.25) is 0 Å². The van der Waals surface area contributed by atoms with Crippen molar-refractivity contribution < 1.29 is 8.83 Å². The summed E-state index contributed by atoms with van der Waals surface area (Å²) in [6.45, 7) is 0. The zero-order valence-corrected chi connectivity index (χ0v) is 7.19. The Labute approximate surface area is 76.1 Å². The van der Waals surface area contributed by atoms with Crippen molar-refractivity contribution in [2.75, 3.05) is 5.73 Å². The third kappa shape index (κ3) is 1.93. The molecule has 0 fully saturated rings. The maximum Gasteiger partial charge on any atom is 0.190 e. The quantitative estimate of drug-likeness (QED) is 0.782. The molecule has 0 bridgehead atoms. The van der Waals surface area contributed by atoms with Crippen molar-refractivity contribution in [3.63, 3.8) is 0 Å². The third-order valence-electron chi connectivity index (χ3n) is 1.88. The lowest BCUT2D eigenvalue weighted by Gasteiger charge is -1.93. The van der Waals surface area contributed by atoms with E-state index in [2.05, 4.69) is 0 Å². The van der Waals surface area contributed by atoms with Gasteiger partial charge in [0.1, 0.15) is 11.5 Å². The fourth-order valence-corrected chi connectivity index (χ4v) is 1.23. The zero-order chi connectivity index (χ0) is 9.10. The summed E-state index contributed by atoms with van der Waals surface area (Å²) >= 11 is 0. The molecule has 2 aromatic rings. The topological polar surface area (TPSA) is 52.3 Å². The molecule has 2 rings (SSSR count). The van der Waals surface area contributed by atoms with Crippen molar-refractivity contribution in [2.45, 2.75) is 12.8 Å². The van der Waals surface area contributed by atoms with Crippen LogP contribution < -0.4 is 5.73 Å². The summed E-state index contributed by atoms with van der Waals surface area (Å²) in [7, 11) is 0. The molecule has 0 radical (unpaired) electrons. The second-order valence-corrected chi connectivity index (χ2v) is 2.88. The fourth-order valence-electron chi connectivity index (χ4n) is 1.23. The second kappa shape index (κ2) is 3.39. The SMILES string of the molecule is Nc1ccc(CCc2ccco2)o1. The van der Waals surface area contributed by atoms with E-state index in [9.17, 15) is 0 Å². The molecule has 0 aliphatic heterocycles. The van der Waals surface area contributed by atoms with Crippen LogP contribution in [0.2, 0.25) is 0 Å². The van der Waals surface area contributed by atoms with Gasteiger partial charge in [-0.05, 0) is 18.2 Å². The minimum Gasteiger partial charge on any atom is -0.469 e. The summed E-state index contributed by atoms with van der Waals surface area (Å²) < 4.78 is 10.4. The summed E-state index contributed by atoms with van der Waals surface area (Å²) in [6.07, 6.45) is 3.34. The molecule has 13 heavy (non-hydrogen) atoms. The summed E-state index contributed by atoms with van der Waals surface area (Å²) in [5.41, 5.74) is 5.44. The molecule has 0 aliphatic carbocycles. The number of nitrogen functional groups attached to an aromatic ring is 1. The first-order chi connectivity index (χ1) is 6.34. The molecule has 68 valence electrons. The monoisotopic (exact) mass is 177 g/mol. The highest BCUT2D eigenvalue weighted by Gasteiger charge is 2.01. The lowest BCUT2D eigenvalue weighted by atomic mass is 10.2. The predicted molar refractivity (Wildman–Crippen MR) is 49.2 cm³/mol. The molecule has 0 amide bonds. The highest BCUT2D eigenvalue weighted by molar-refractivity contribution is 5.25. The normalized spacial score (nSPS) is 10.5. The van der Waals surface area contributed by atoms with Crippen LogP contribution in [0.25, 0.3) is 0 Å². The van der Waals surface area contributed by atoms with Crippen LogP contribution in [0, 0.1) is 0 Å². The Morgan fingerprint density at radius 1 is 1.08 bits per heavy atom. The Morgan fingerprint density at radius 2 is 1.92 bits per heavy atom. The summed E-state index contributed by atoms with van der Waals surface area (Å²) in [6, 6.07) is 7.48. The van der Waals surface area contributed by atoms with Gasteiger partial charge in [0, 0.05) is 18.9 Å². The molecule has 3 heteroatoms. The Bertz CT molecular complexity index is 362. The van der Waals surface area contributed by atoms with Crippen LogP contribution in [-0.2, 0) is 12.8 Å². The number of aryl methyl sites for hydroxylation is 2. The minimum absolute atomic E-state index is 0.467. The van der Waals surface area contributed by atoms with E-state index in [-0.39, 0.29) is 0 Å². The third-order valence-corrected chi connectivity index (χ3v) is 1.88. The number of nitrogens with two attached hydrogens (primary N) is 1. The molecular weight excluding hydrogens is 166 g/mol. The number of anilines is 1. The number of hydrogen-bond acceptors (Lipinski definition) is 3. The van der Waals surface area contributed by atoms with Crippen molar-refractivity contribution in [3.8, 4) is 0 Å². The van der Waals surface area contributed by atoms with Crippen molar-refractivity contribution in [3.05, 3.63) is 42.0 Å². The van der Waals surface area contributed by atoms with E-state index in [1.165, 1.54) is 0 Å². The van der Waals surface area contributed by atoms with Crippen LogP contribution in [0.5, 0.6) is 0 Å². The molecule has 0 saturated heterocycles. The molecule has 2 heterocycles. The van der Waals surface area contributed by atoms with Gasteiger partial charge in [0.25, 0.3) is 0 Å². The van der Waals surface area contributed by atoms with Crippen LogP contribution >= 0.6 is 0 Å². The Kier molecular flexibility index (Phi) is 2.08. The number of hydrogen-bond donors (Lipinski definition) is 1. The van der Waals surface area contributed by atoms with Crippen LogP contribution in [0.1, 0.15) is 11.5 Å². The van der Waals surface area contributed by atoms with Crippen molar-refractivity contribution in [2.24, 2.45) is 0 Å². The van der Waals surface area contributed by atoms with E-state index in [4.69, 9.17) is 14.6 Å². The smallest absolute Gasteiger partial charge is 0.190 e. The van der Waals surface area contributed by atoms with E-state index < -0.39 is 0 Å². The summed E-state index contributed by atoms with van der Waals surface area (Å²) in [5.74, 6) is 2.33. The molecule has 2 N–H and O–H groups in total. The minimum atomic E-state index is 0.467. The average molecular weight is 177 g/mol. The van der Waals surface area contributed by atoms with Crippen molar-refractivity contribution in [1.82, 2.24) is 0 Å². The molecule has 0 saturated carbocycles. The van der Waals surface area contributed by atoms with E-state index in [0.717, 1.165) is 24.4 Å². The van der Waals surface area contributed by atoms with Crippen molar-refractivity contribution >= 4 is 5.88 Å². The second-order valence-electron chi connectivity index (χ2n) is 2.88. The van der Waals surface area contributed by atoms with Crippen molar-refractivity contribution in [1.29, 1.82) is 0 Å². The molecule has 2 aromatic heterocycles. The van der Waals surface area contributed by atoms with Gasteiger partial charge in [-0.15, -0.1) is 0 Å². The van der Waals surface area contributed by atoms with Crippen LogP contribution in [-0.4, -0.2) is 0 Å². The molecule has 3 nitrogen and oxygen atoms in total. The van der Waals surface area contributed by atoms with Crippen LogP contribution in [0.4, 0.5) is 5.88 Å². The molecule has 0 spiro atoms. The fraction of sp³-hybridized carbons (Fsp3) is 0.200. The van der Waals surface area contributed by atoms with Gasteiger partial charge in [-0.1, -0.05) is 0 Å². The van der Waals surface area contributed by atoms with Gasteiger partial charge in [-0.3, -0.25) is 0 Å². The molecule has 0 atom stereocenters. The van der Waals surface area contributed by atoms with E-state index in [1.807, 2.05) is 18.2 Å². The first-order valence-corrected chi connectivity index (χ1v) is 4.21. The summed E-state index contributed by atoms with van der Waals surface area (Å²) in [4.78, 5) is 0. The van der Waals surface area contributed by atoms with Gasteiger partial charge < -0.3 is 14.6 Å². The zero-order valence-electron chi connectivity index (χ0n) is 7.19. The standard InChI is InChI=1S/C10H11NO2/c11-10-6-5-9(13-10)4-3-8-2-1-7-12-8/h1-2,5-7H,3-4,11H2.